The van der Waals surface area contributed by atoms with E-state index in [1.54, 1.807) is 24.3 Å². The van der Waals surface area contributed by atoms with Gasteiger partial charge < -0.3 is 10.2 Å². The van der Waals surface area contributed by atoms with E-state index in [1.807, 2.05) is 38.1 Å². The first-order valence-electron chi connectivity index (χ1n) is 12.8. The third-order valence-corrected chi connectivity index (χ3v) is 6.32. The number of phenols is 2. The van der Waals surface area contributed by atoms with Crippen molar-refractivity contribution in [1.29, 1.82) is 0 Å². The summed E-state index contributed by atoms with van der Waals surface area (Å²) in [6, 6.07) is 31.9. The number of hydrogen-bond acceptors (Lipinski definition) is 3. The number of benzene rings is 4. The van der Waals surface area contributed by atoms with Crippen LogP contribution in [0.25, 0.3) is 11.1 Å². The van der Waals surface area contributed by atoms with Gasteiger partial charge in [0, 0.05) is 5.92 Å². The maximum atomic E-state index is 10.4. The lowest BCUT2D eigenvalue weighted by atomic mass is 9.68. The van der Waals surface area contributed by atoms with Crippen LogP contribution in [0.1, 0.15) is 56.4 Å². The second kappa shape index (κ2) is 12.2. The summed E-state index contributed by atoms with van der Waals surface area (Å²) >= 11 is 0. The number of carbonyl (C=O) groups excluding carboxylic acids is 1. The maximum Gasteiger partial charge on any atom is 0.157 e. The Bertz CT molecular complexity index is 1240. The molecule has 0 unspecified atom stereocenters. The SMILES string of the molecule is C=CC(=O)C(C)C.CCC.Oc1ccc(C2(c3ccc(O)cc3)c3ccccc3-c3ccccc32)cc1. The molecule has 2 N–H and O–H groups in total. The van der Waals surface area contributed by atoms with E-state index in [9.17, 15) is 15.0 Å². The van der Waals surface area contributed by atoms with E-state index in [1.165, 1.54) is 34.8 Å². The van der Waals surface area contributed by atoms with Gasteiger partial charge in [-0.25, -0.2) is 0 Å². The van der Waals surface area contributed by atoms with Crippen molar-refractivity contribution in [2.24, 2.45) is 5.92 Å². The molecule has 5 rings (SSSR count). The molecule has 0 heterocycles. The average molecular weight is 493 g/mol. The Hall–Kier alpha value is -4.11. The molecular formula is C34H36O3. The Labute approximate surface area is 220 Å². The predicted octanol–water partition coefficient (Wildman–Crippen LogP) is 8.27. The number of aromatic hydroxyl groups is 2. The highest BCUT2D eigenvalue weighted by molar-refractivity contribution is 5.90. The van der Waals surface area contributed by atoms with Crippen molar-refractivity contribution >= 4 is 5.78 Å². The van der Waals surface area contributed by atoms with E-state index in [0.29, 0.717) is 0 Å². The number of ketones is 1. The Balaban J connectivity index is 0.000000327. The number of rotatable bonds is 4. The third kappa shape index (κ3) is 5.51. The molecule has 0 saturated heterocycles. The summed E-state index contributed by atoms with van der Waals surface area (Å²) < 4.78 is 0. The minimum atomic E-state index is -0.491. The van der Waals surface area contributed by atoms with Gasteiger partial charge >= 0.3 is 0 Å². The second-order valence-electron chi connectivity index (χ2n) is 9.40. The van der Waals surface area contributed by atoms with Gasteiger partial charge in [0.05, 0.1) is 5.41 Å². The summed E-state index contributed by atoms with van der Waals surface area (Å²) in [6.07, 6.45) is 2.60. The molecule has 3 heteroatoms. The third-order valence-electron chi connectivity index (χ3n) is 6.32. The minimum absolute atomic E-state index is 0.109. The Morgan fingerprint density at radius 2 is 1.08 bits per heavy atom. The first kappa shape index (κ1) is 27.5. The zero-order valence-corrected chi connectivity index (χ0v) is 22.1. The van der Waals surface area contributed by atoms with E-state index in [4.69, 9.17) is 0 Å². The number of allylic oxidation sites excluding steroid dienone is 1. The highest BCUT2D eigenvalue weighted by Crippen LogP contribution is 2.56. The standard InChI is InChI=1S/C25H18O2.C6H10O.C3H8/c26-19-13-9-17(10-14-19)25(18-11-15-20(27)16-12-18)23-7-3-1-5-21(23)22-6-2-4-8-24(22)25;1-4-6(7)5(2)3;1-3-2/h1-16,26-27H;4-5H,1H2,2-3H3;3H2,1-2H3. The number of phenolic OH excluding ortho intramolecular Hbond substituents is 2. The van der Waals surface area contributed by atoms with Crippen LogP contribution >= 0.6 is 0 Å². The lowest BCUT2D eigenvalue weighted by molar-refractivity contribution is -0.117. The van der Waals surface area contributed by atoms with Crippen molar-refractivity contribution in [3.8, 4) is 22.6 Å². The van der Waals surface area contributed by atoms with Crippen LogP contribution in [-0.2, 0) is 10.2 Å². The van der Waals surface area contributed by atoms with Crippen LogP contribution in [0.4, 0.5) is 0 Å². The molecule has 190 valence electrons. The van der Waals surface area contributed by atoms with Crippen molar-refractivity contribution in [2.75, 3.05) is 0 Å². The van der Waals surface area contributed by atoms with Gasteiger partial charge in [-0.15, -0.1) is 0 Å². The van der Waals surface area contributed by atoms with Gasteiger partial charge in [-0.1, -0.05) is 113 Å². The molecule has 0 bridgehead atoms. The summed E-state index contributed by atoms with van der Waals surface area (Å²) in [5.74, 6) is 0.718. The molecule has 37 heavy (non-hydrogen) atoms. The molecule has 1 aliphatic rings. The Morgan fingerprint density at radius 3 is 1.38 bits per heavy atom. The zero-order chi connectivity index (χ0) is 27.0. The normalized spacial score (nSPS) is 12.2. The van der Waals surface area contributed by atoms with Crippen LogP contribution in [-0.4, -0.2) is 16.0 Å². The smallest absolute Gasteiger partial charge is 0.157 e. The van der Waals surface area contributed by atoms with Crippen LogP contribution < -0.4 is 0 Å². The summed E-state index contributed by atoms with van der Waals surface area (Å²) in [5, 5.41) is 19.7. The summed E-state index contributed by atoms with van der Waals surface area (Å²) in [4.78, 5) is 10.4. The summed E-state index contributed by atoms with van der Waals surface area (Å²) in [6.45, 7) is 11.3. The van der Waals surface area contributed by atoms with Crippen LogP contribution in [0.2, 0.25) is 0 Å². The van der Waals surface area contributed by atoms with E-state index in [0.717, 1.165) is 11.1 Å². The fraction of sp³-hybridized carbons (Fsp3) is 0.206. The minimum Gasteiger partial charge on any atom is -0.508 e. The largest absolute Gasteiger partial charge is 0.508 e. The fourth-order valence-electron chi connectivity index (χ4n) is 4.68. The zero-order valence-electron chi connectivity index (χ0n) is 22.1. The van der Waals surface area contributed by atoms with Crippen molar-refractivity contribution in [1.82, 2.24) is 0 Å². The van der Waals surface area contributed by atoms with Gasteiger partial charge in [-0.05, 0) is 63.7 Å². The first-order chi connectivity index (χ1) is 17.8. The molecular weight excluding hydrogens is 456 g/mol. The average Bonchev–Trinajstić information content (AvgIpc) is 3.21. The molecule has 0 fully saturated rings. The van der Waals surface area contributed by atoms with Crippen LogP contribution in [0.3, 0.4) is 0 Å². The molecule has 0 spiro atoms. The predicted molar refractivity (Wildman–Crippen MR) is 153 cm³/mol. The second-order valence-corrected chi connectivity index (χ2v) is 9.40. The molecule has 0 amide bonds. The maximum absolute atomic E-state index is 10.4. The van der Waals surface area contributed by atoms with E-state index < -0.39 is 5.41 Å². The Kier molecular flexibility index (Phi) is 9.08. The molecule has 4 aromatic rings. The lowest BCUT2D eigenvalue weighted by Crippen LogP contribution is -2.28. The molecule has 1 aliphatic carbocycles. The van der Waals surface area contributed by atoms with Gasteiger partial charge in [-0.2, -0.15) is 0 Å². The van der Waals surface area contributed by atoms with Gasteiger partial charge in [0.15, 0.2) is 5.78 Å². The molecule has 0 aliphatic heterocycles. The van der Waals surface area contributed by atoms with Crippen LogP contribution in [0.5, 0.6) is 11.5 Å². The molecule has 4 aromatic carbocycles. The van der Waals surface area contributed by atoms with E-state index in [2.05, 4.69) is 69.0 Å². The highest BCUT2D eigenvalue weighted by atomic mass is 16.3. The molecule has 0 radical (unpaired) electrons. The molecule has 0 saturated carbocycles. The fourth-order valence-corrected chi connectivity index (χ4v) is 4.68. The quantitative estimate of drug-likeness (QED) is 0.248. The number of hydrogen-bond donors (Lipinski definition) is 2. The summed E-state index contributed by atoms with van der Waals surface area (Å²) in [5.41, 5.74) is 6.54. The molecule has 3 nitrogen and oxygen atoms in total. The summed E-state index contributed by atoms with van der Waals surface area (Å²) in [7, 11) is 0. The van der Waals surface area contributed by atoms with Gasteiger partial charge in [0.1, 0.15) is 11.5 Å². The van der Waals surface area contributed by atoms with Gasteiger partial charge in [0.2, 0.25) is 0 Å². The topological polar surface area (TPSA) is 57.5 Å². The van der Waals surface area contributed by atoms with Gasteiger partial charge in [-0.3, -0.25) is 4.79 Å². The van der Waals surface area contributed by atoms with Crippen LogP contribution in [0.15, 0.2) is 110 Å². The van der Waals surface area contributed by atoms with Crippen molar-refractivity contribution in [3.05, 3.63) is 132 Å². The lowest BCUT2D eigenvalue weighted by Gasteiger charge is -2.33. The Morgan fingerprint density at radius 1 is 0.730 bits per heavy atom. The van der Waals surface area contributed by atoms with E-state index in [-0.39, 0.29) is 23.2 Å². The van der Waals surface area contributed by atoms with Gasteiger partial charge in [0.25, 0.3) is 0 Å². The van der Waals surface area contributed by atoms with Crippen molar-refractivity contribution < 1.29 is 15.0 Å². The highest BCUT2D eigenvalue weighted by Gasteiger charge is 2.45. The van der Waals surface area contributed by atoms with Crippen molar-refractivity contribution in [2.45, 2.75) is 39.5 Å². The van der Waals surface area contributed by atoms with Crippen LogP contribution in [0, 0.1) is 5.92 Å². The number of carbonyl (C=O) groups is 1. The molecule has 0 aromatic heterocycles. The van der Waals surface area contributed by atoms with Crippen molar-refractivity contribution in [3.63, 3.8) is 0 Å². The molecule has 0 atom stereocenters. The number of fused-ring (bicyclic) bond motifs is 3. The first-order valence-corrected chi connectivity index (χ1v) is 12.8. The monoisotopic (exact) mass is 492 g/mol. The van der Waals surface area contributed by atoms with E-state index >= 15 is 0 Å².